The second kappa shape index (κ2) is 5.29. The molecule has 0 aliphatic carbocycles. The van der Waals surface area contributed by atoms with Crippen molar-refractivity contribution in [3.63, 3.8) is 0 Å². The summed E-state index contributed by atoms with van der Waals surface area (Å²) >= 11 is 11.8. The number of carbonyl (C=O) groups is 1. The molecule has 0 aromatic heterocycles. The predicted octanol–water partition coefficient (Wildman–Crippen LogP) is 4.48. The smallest absolute Gasteiger partial charge is 0.335 e. The van der Waals surface area contributed by atoms with E-state index in [0.717, 1.165) is 0 Å². The Balaban J connectivity index is 2.24. The van der Waals surface area contributed by atoms with Gasteiger partial charge in [0.05, 0.1) is 10.6 Å². The molecular weight excluding hydrogens is 275 g/mol. The standard InChI is InChI=1S/C13H8Cl2O3/c14-10-2-1-3-11(12(10)15)18-9-6-4-8(5-7-9)13(16)17/h1-7H,(H,16,17). The molecule has 0 spiro atoms. The van der Waals surface area contributed by atoms with Crippen molar-refractivity contribution in [2.75, 3.05) is 0 Å². The first-order chi connectivity index (χ1) is 8.58. The van der Waals surface area contributed by atoms with Crippen molar-refractivity contribution in [2.45, 2.75) is 0 Å². The van der Waals surface area contributed by atoms with Crippen LogP contribution in [0.4, 0.5) is 0 Å². The first kappa shape index (κ1) is 12.7. The zero-order chi connectivity index (χ0) is 13.1. The largest absolute Gasteiger partial charge is 0.478 e. The lowest BCUT2D eigenvalue weighted by molar-refractivity contribution is 0.0697. The Morgan fingerprint density at radius 1 is 1.06 bits per heavy atom. The maximum atomic E-state index is 10.7. The number of rotatable bonds is 3. The van der Waals surface area contributed by atoms with Gasteiger partial charge in [-0.15, -0.1) is 0 Å². The number of ether oxygens (including phenoxy) is 1. The molecule has 2 aromatic carbocycles. The van der Waals surface area contributed by atoms with Crippen LogP contribution in [0.3, 0.4) is 0 Å². The molecule has 1 N–H and O–H groups in total. The Hall–Kier alpha value is -1.71. The Bertz CT molecular complexity index is 579. The van der Waals surface area contributed by atoms with Crippen LogP contribution in [0.15, 0.2) is 42.5 Å². The zero-order valence-corrected chi connectivity index (χ0v) is 10.6. The van der Waals surface area contributed by atoms with E-state index in [1.807, 2.05) is 0 Å². The minimum absolute atomic E-state index is 0.194. The van der Waals surface area contributed by atoms with Crippen LogP contribution in [0, 0.1) is 0 Å². The molecule has 3 nitrogen and oxygen atoms in total. The van der Waals surface area contributed by atoms with E-state index in [9.17, 15) is 4.79 Å². The van der Waals surface area contributed by atoms with Crippen molar-refractivity contribution in [3.8, 4) is 11.5 Å². The maximum absolute atomic E-state index is 10.7. The molecule has 18 heavy (non-hydrogen) atoms. The van der Waals surface area contributed by atoms with Gasteiger partial charge >= 0.3 is 5.97 Å². The quantitative estimate of drug-likeness (QED) is 0.903. The molecule has 0 saturated heterocycles. The van der Waals surface area contributed by atoms with Crippen molar-refractivity contribution in [1.82, 2.24) is 0 Å². The molecule has 0 bridgehead atoms. The maximum Gasteiger partial charge on any atom is 0.335 e. The van der Waals surface area contributed by atoms with Crippen LogP contribution in [-0.2, 0) is 0 Å². The molecule has 2 aromatic rings. The van der Waals surface area contributed by atoms with E-state index in [1.54, 1.807) is 30.3 Å². The van der Waals surface area contributed by atoms with E-state index in [2.05, 4.69) is 0 Å². The van der Waals surface area contributed by atoms with Crippen molar-refractivity contribution in [2.24, 2.45) is 0 Å². The summed E-state index contributed by atoms with van der Waals surface area (Å²) in [6, 6.07) is 11.1. The summed E-state index contributed by atoms with van der Waals surface area (Å²) in [5, 5.41) is 9.49. The normalized spacial score (nSPS) is 10.1. The van der Waals surface area contributed by atoms with Crippen LogP contribution in [0.5, 0.6) is 11.5 Å². The topological polar surface area (TPSA) is 46.5 Å². The number of carboxylic acid groups (broad SMARTS) is 1. The fraction of sp³-hybridized carbons (Fsp3) is 0. The lowest BCUT2D eigenvalue weighted by Crippen LogP contribution is -1.95. The average molecular weight is 283 g/mol. The summed E-state index contributed by atoms with van der Waals surface area (Å²) in [5.41, 5.74) is 0.194. The number of halogens is 2. The van der Waals surface area contributed by atoms with Gasteiger partial charge in [0.15, 0.2) is 0 Å². The van der Waals surface area contributed by atoms with Crippen LogP contribution in [0.1, 0.15) is 10.4 Å². The molecule has 0 aliphatic rings. The highest BCUT2D eigenvalue weighted by Crippen LogP contribution is 2.34. The summed E-state index contributed by atoms with van der Waals surface area (Å²) in [7, 11) is 0. The lowest BCUT2D eigenvalue weighted by atomic mass is 10.2. The molecule has 0 atom stereocenters. The van der Waals surface area contributed by atoms with Gasteiger partial charge in [-0.2, -0.15) is 0 Å². The summed E-state index contributed by atoms with van der Waals surface area (Å²) < 4.78 is 5.52. The van der Waals surface area contributed by atoms with Gasteiger partial charge in [0.25, 0.3) is 0 Å². The van der Waals surface area contributed by atoms with E-state index < -0.39 is 5.97 Å². The fourth-order valence-corrected chi connectivity index (χ4v) is 1.69. The van der Waals surface area contributed by atoms with Gasteiger partial charge in [-0.1, -0.05) is 29.3 Å². The summed E-state index contributed by atoms with van der Waals surface area (Å²) in [4.78, 5) is 10.7. The molecule has 0 fully saturated rings. The van der Waals surface area contributed by atoms with E-state index in [4.69, 9.17) is 33.0 Å². The third kappa shape index (κ3) is 2.75. The summed E-state index contributed by atoms with van der Waals surface area (Å²) in [5.74, 6) is -0.0706. The van der Waals surface area contributed by atoms with Gasteiger partial charge in [-0.05, 0) is 36.4 Å². The third-order valence-electron chi connectivity index (χ3n) is 2.25. The highest BCUT2D eigenvalue weighted by atomic mass is 35.5. The fourth-order valence-electron chi connectivity index (χ4n) is 1.36. The van der Waals surface area contributed by atoms with Crippen LogP contribution in [0.25, 0.3) is 0 Å². The van der Waals surface area contributed by atoms with Crippen LogP contribution in [0.2, 0.25) is 10.0 Å². The minimum atomic E-state index is -0.984. The summed E-state index contributed by atoms with van der Waals surface area (Å²) in [6.45, 7) is 0. The molecule has 92 valence electrons. The highest BCUT2D eigenvalue weighted by Gasteiger charge is 2.07. The van der Waals surface area contributed by atoms with Gasteiger partial charge < -0.3 is 9.84 Å². The SMILES string of the molecule is O=C(O)c1ccc(Oc2cccc(Cl)c2Cl)cc1. The number of benzene rings is 2. The second-order valence-electron chi connectivity index (χ2n) is 3.48. The first-order valence-electron chi connectivity index (χ1n) is 5.03. The van der Waals surface area contributed by atoms with Crippen LogP contribution in [-0.4, -0.2) is 11.1 Å². The van der Waals surface area contributed by atoms with Crippen LogP contribution < -0.4 is 4.74 Å². The Morgan fingerprint density at radius 3 is 2.33 bits per heavy atom. The lowest BCUT2D eigenvalue weighted by Gasteiger charge is -2.08. The molecule has 0 radical (unpaired) electrons. The van der Waals surface area contributed by atoms with Crippen molar-refractivity contribution in [3.05, 3.63) is 58.1 Å². The van der Waals surface area contributed by atoms with Gasteiger partial charge in [-0.25, -0.2) is 4.79 Å². The van der Waals surface area contributed by atoms with Gasteiger partial charge in [0, 0.05) is 0 Å². The second-order valence-corrected chi connectivity index (χ2v) is 4.27. The molecule has 0 aliphatic heterocycles. The summed E-state index contributed by atoms with van der Waals surface area (Å²) in [6.07, 6.45) is 0. The van der Waals surface area contributed by atoms with Gasteiger partial charge in [-0.3, -0.25) is 0 Å². The number of carboxylic acids is 1. The number of hydrogen-bond donors (Lipinski definition) is 1. The minimum Gasteiger partial charge on any atom is -0.478 e. The van der Waals surface area contributed by atoms with Crippen LogP contribution >= 0.6 is 23.2 Å². The van der Waals surface area contributed by atoms with Crippen molar-refractivity contribution >= 4 is 29.2 Å². The number of hydrogen-bond acceptors (Lipinski definition) is 2. The molecule has 0 amide bonds. The molecule has 0 saturated carbocycles. The van der Waals surface area contributed by atoms with Gasteiger partial charge in [0.2, 0.25) is 0 Å². The van der Waals surface area contributed by atoms with Crippen molar-refractivity contribution < 1.29 is 14.6 Å². The monoisotopic (exact) mass is 282 g/mol. The molecule has 0 unspecified atom stereocenters. The molecule has 5 heteroatoms. The first-order valence-corrected chi connectivity index (χ1v) is 5.79. The average Bonchev–Trinajstić information content (AvgIpc) is 2.36. The Morgan fingerprint density at radius 2 is 1.72 bits per heavy atom. The number of aromatic carboxylic acids is 1. The highest BCUT2D eigenvalue weighted by molar-refractivity contribution is 6.42. The van der Waals surface area contributed by atoms with E-state index in [-0.39, 0.29) is 5.56 Å². The Labute approximate surface area is 114 Å². The molecular formula is C13H8Cl2O3. The van der Waals surface area contributed by atoms with E-state index in [1.165, 1.54) is 12.1 Å². The molecule has 2 rings (SSSR count). The van der Waals surface area contributed by atoms with Gasteiger partial charge in [0.1, 0.15) is 16.5 Å². The zero-order valence-electron chi connectivity index (χ0n) is 9.06. The van der Waals surface area contributed by atoms with E-state index in [0.29, 0.717) is 21.5 Å². The Kier molecular flexibility index (Phi) is 3.75. The van der Waals surface area contributed by atoms with Crippen molar-refractivity contribution in [1.29, 1.82) is 0 Å². The molecule has 0 heterocycles. The third-order valence-corrected chi connectivity index (χ3v) is 3.05. The predicted molar refractivity (Wildman–Crippen MR) is 69.9 cm³/mol. The van der Waals surface area contributed by atoms with E-state index >= 15 is 0 Å².